The van der Waals surface area contributed by atoms with E-state index < -0.39 is 30.4 Å². The summed E-state index contributed by atoms with van der Waals surface area (Å²) in [5.74, 6) is -2.07. The van der Waals surface area contributed by atoms with Gasteiger partial charge >= 0.3 is 5.97 Å². The van der Waals surface area contributed by atoms with Crippen molar-refractivity contribution in [2.45, 2.75) is 13.0 Å². The summed E-state index contributed by atoms with van der Waals surface area (Å²) in [6, 6.07) is 10.2. The van der Waals surface area contributed by atoms with Crippen molar-refractivity contribution in [3.8, 4) is 5.75 Å². The summed E-state index contributed by atoms with van der Waals surface area (Å²) in [7, 11) is 0. The van der Waals surface area contributed by atoms with Crippen LogP contribution < -0.4 is 10.1 Å². The van der Waals surface area contributed by atoms with Gasteiger partial charge in [-0.1, -0.05) is 35.3 Å². The maximum atomic E-state index is 13.4. The minimum Gasteiger partial charge on any atom is -0.479 e. The molecule has 0 aliphatic rings. The Morgan fingerprint density at radius 1 is 1.20 bits per heavy atom. The van der Waals surface area contributed by atoms with Crippen molar-refractivity contribution in [2.75, 3.05) is 11.9 Å². The number of amides is 1. The third kappa shape index (κ3) is 5.62. The van der Waals surface area contributed by atoms with E-state index in [0.29, 0.717) is 10.7 Å². The first-order valence-corrected chi connectivity index (χ1v) is 7.95. The standard InChI is InChI=1S/C17H14Cl2FNO4/c1-10(17(23)21-14-7-6-11(18)8-12(14)19)25-16(22)9-24-15-5-3-2-4-13(15)20/h2-8,10H,9H2,1H3,(H,21,23)/t10-/m1/s1. The van der Waals surface area contributed by atoms with Crippen molar-refractivity contribution >= 4 is 40.8 Å². The van der Waals surface area contributed by atoms with Gasteiger partial charge in [0.1, 0.15) is 0 Å². The molecule has 0 spiro atoms. The number of anilines is 1. The molecule has 0 aliphatic carbocycles. The number of esters is 1. The van der Waals surface area contributed by atoms with E-state index >= 15 is 0 Å². The maximum absolute atomic E-state index is 13.4. The molecule has 132 valence electrons. The molecule has 25 heavy (non-hydrogen) atoms. The molecule has 5 nitrogen and oxygen atoms in total. The Hall–Kier alpha value is -2.31. The molecule has 1 amide bonds. The largest absolute Gasteiger partial charge is 0.479 e. The highest BCUT2D eigenvalue weighted by molar-refractivity contribution is 6.36. The second kappa shape index (κ2) is 8.69. The van der Waals surface area contributed by atoms with E-state index in [1.165, 1.54) is 37.3 Å². The molecule has 0 heterocycles. The summed E-state index contributed by atoms with van der Waals surface area (Å²) in [5, 5.41) is 3.19. The SMILES string of the molecule is C[C@@H](OC(=O)COc1ccccc1F)C(=O)Nc1ccc(Cl)cc1Cl. The average molecular weight is 386 g/mol. The zero-order valence-corrected chi connectivity index (χ0v) is 14.6. The summed E-state index contributed by atoms with van der Waals surface area (Å²) in [6.45, 7) is 0.862. The summed E-state index contributed by atoms with van der Waals surface area (Å²) in [4.78, 5) is 23.7. The normalized spacial score (nSPS) is 11.5. The fourth-order valence-electron chi connectivity index (χ4n) is 1.81. The Kier molecular flexibility index (Phi) is 6.61. The van der Waals surface area contributed by atoms with Gasteiger partial charge < -0.3 is 14.8 Å². The molecule has 0 fully saturated rings. The van der Waals surface area contributed by atoms with Gasteiger partial charge in [-0.15, -0.1) is 0 Å². The van der Waals surface area contributed by atoms with E-state index in [9.17, 15) is 14.0 Å². The van der Waals surface area contributed by atoms with Crippen LogP contribution in [0.4, 0.5) is 10.1 Å². The summed E-state index contributed by atoms with van der Waals surface area (Å²) in [5.41, 5.74) is 0.335. The van der Waals surface area contributed by atoms with Gasteiger partial charge in [-0.2, -0.15) is 0 Å². The topological polar surface area (TPSA) is 64.6 Å². The van der Waals surface area contributed by atoms with Crippen molar-refractivity contribution in [3.05, 3.63) is 58.3 Å². The van der Waals surface area contributed by atoms with Crippen LogP contribution in [0.15, 0.2) is 42.5 Å². The second-order valence-corrected chi connectivity index (χ2v) is 5.81. The minimum atomic E-state index is -1.09. The van der Waals surface area contributed by atoms with Crippen molar-refractivity contribution < 1.29 is 23.5 Å². The van der Waals surface area contributed by atoms with E-state index in [0.717, 1.165) is 0 Å². The number of carbonyl (C=O) groups is 2. The first-order valence-electron chi connectivity index (χ1n) is 7.19. The van der Waals surface area contributed by atoms with Crippen LogP contribution in [0.1, 0.15) is 6.92 Å². The van der Waals surface area contributed by atoms with Gasteiger partial charge in [0.05, 0.1) is 10.7 Å². The monoisotopic (exact) mass is 385 g/mol. The van der Waals surface area contributed by atoms with Crippen molar-refractivity contribution in [3.63, 3.8) is 0 Å². The van der Waals surface area contributed by atoms with Gasteiger partial charge in [-0.25, -0.2) is 9.18 Å². The summed E-state index contributed by atoms with van der Waals surface area (Å²) >= 11 is 11.7. The Morgan fingerprint density at radius 2 is 1.92 bits per heavy atom. The van der Waals surface area contributed by atoms with Gasteiger partial charge in [-0.05, 0) is 37.3 Å². The third-order valence-electron chi connectivity index (χ3n) is 3.05. The fraction of sp³-hybridized carbons (Fsp3) is 0.176. The van der Waals surface area contributed by atoms with Gasteiger partial charge in [0.15, 0.2) is 24.3 Å². The van der Waals surface area contributed by atoms with Crippen LogP contribution in [0, 0.1) is 5.82 Å². The number of hydrogen-bond donors (Lipinski definition) is 1. The lowest BCUT2D eigenvalue weighted by atomic mass is 10.3. The fourth-order valence-corrected chi connectivity index (χ4v) is 2.26. The van der Waals surface area contributed by atoms with Crippen LogP contribution in [0.25, 0.3) is 0 Å². The average Bonchev–Trinajstić information content (AvgIpc) is 2.56. The van der Waals surface area contributed by atoms with E-state index in [1.807, 2.05) is 0 Å². The van der Waals surface area contributed by atoms with Crippen LogP contribution >= 0.6 is 23.2 Å². The molecule has 0 radical (unpaired) electrons. The molecule has 1 N–H and O–H groups in total. The molecule has 2 aromatic carbocycles. The highest BCUT2D eigenvalue weighted by atomic mass is 35.5. The molecule has 0 unspecified atom stereocenters. The maximum Gasteiger partial charge on any atom is 0.344 e. The van der Waals surface area contributed by atoms with Crippen LogP contribution in [-0.2, 0) is 14.3 Å². The minimum absolute atomic E-state index is 0.0792. The number of halogens is 3. The molecule has 0 aromatic heterocycles. The lowest BCUT2D eigenvalue weighted by Crippen LogP contribution is -2.31. The van der Waals surface area contributed by atoms with Gasteiger partial charge in [-0.3, -0.25) is 4.79 Å². The number of carbonyl (C=O) groups excluding carboxylic acids is 2. The van der Waals surface area contributed by atoms with E-state index in [-0.39, 0.29) is 10.8 Å². The Bertz CT molecular complexity index is 785. The van der Waals surface area contributed by atoms with E-state index in [1.54, 1.807) is 12.1 Å². The van der Waals surface area contributed by atoms with Gasteiger partial charge in [0.25, 0.3) is 5.91 Å². The smallest absolute Gasteiger partial charge is 0.344 e. The number of rotatable bonds is 6. The lowest BCUT2D eigenvalue weighted by molar-refractivity contribution is -0.155. The van der Waals surface area contributed by atoms with Gasteiger partial charge in [0, 0.05) is 5.02 Å². The van der Waals surface area contributed by atoms with Crippen LogP contribution in [-0.4, -0.2) is 24.6 Å². The molecule has 1 atom stereocenters. The molecule has 0 saturated carbocycles. The highest BCUT2D eigenvalue weighted by Crippen LogP contribution is 2.25. The summed E-state index contributed by atoms with van der Waals surface area (Å²) < 4.78 is 23.3. The number of ether oxygens (including phenoxy) is 2. The molecule has 0 bridgehead atoms. The molecule has 8 heteroatoms. The van der Waals surface area contributed by atoms with Crippen LogP contribution in [0.2, 0.25) is 10.0 Å². The Labute approximate surface area is 153 Å². The van der Waals surface area contributed by atoms with E-state index in [2.05, 4.69) is 5.32 Å². The summed E-state index contributed by atoms with van der Waals surface area (Å²) in [6.07, 6.45) is -1.09. The molecule has 0 aliphatic heterocycles. The molecule has 2 rings (SSSR count). The van der Waals surface area contributed by atoms with Crippen molar-refractivity contribution in [1.82, 2.24) is 0 Å². The predicted molar refractivity (Wildman–Crippen MR) is 92.5 cm³/mol. The molecular weight excluding hydrogens is 372 g/mol. The molecular formula is C17H14Cl2FNO4. The zero-order valence-electron chi connectivity index (χ0n) is 13.1. The van der Waals surface area contributed by atoms with Crippen molar-refractivity contribution in [2.24, 2.45) is 0 Å². The first-order chi connectivity index (χ1) is 11.9. The highest BCUT2D eigenvalue weighted by Gasteiger charge is 2.19. The van der Waals surface area contributed by atoms with E-state index in [4.69, 9.17) is 32.7 Å². The van der Waals surface area contributed by atoms with Crippen molar-refractivity contribution in [1.29, 1.82) is 0 Å². The Balaban J connectivity index is 1.85. The molecule has 0 saturated heterocycles. The Morgan fingerprint density at radius 3 is 2.60 bits per heavy atom. The molecule has 2 aromatic rings. The number of nitrogens with one attached hydrogen (secondary N) is 1. The second-order valence-electron chi connectivity index (χ2n) is 4.96. The number of para-hydroxylation sites is 1. The van der Waals surface area contributed by atoms with Crippen LogP contribution in [0.5, 0.6) is 5.75 Å². The predicted octanol–water partition coefficient (Wildman–Crippen LogP) is 4.08. The quantitative estimate of drug-likeness (QED) is 0.760. The number of benzene rings is 2. The lowest BCUT2D eigenvalue weighted by Gasteiger charge is -2.14. The van der Waals surface area contributed by atoms with Gasteiger partial charge in [0.2, 0.25) is 0 Å². The zero-order chi connectivity index (χ0) is 18.4. The third-order valence-corrected chi connectivity index (χ3v) is 3.60. The number of hydrogen-bond acceptors (Lipinski definition) is 4. The first kappa shape index (κ1) is 19.0. The van der Waals surface area contributed by atoms with Crippen LogP contribution in [0.3, 0.4) is 0 Å².